The van der Waals surface area contributed by atoms with Crippen molar-refractivity contribution in [3.05, 3.63) is 45.8 Å². The van der Waals surface area contributed by atoms with Crippen molar-refractivity contribution >= 4 is 50.6 Å². The predicted molar refractivity (Wildman–Crippen MR) is 75.2 cm³/mol. The van der Waals surface area contributed by atoms with Gasteiger partial charge in [0.2, 0.25) is 0 Å². The number of benzene rings is 1. The highest BCUT2D eigenvalue weighted by Gasteiger charge is 2.19. The van der Waals surface area contributed by atoms with Crippen LogP contribution in [0.4, 0.5) is 5.69 Å². The highest BCUT2D eigenvalue weighted by molar-refractivity contribution is 7.94. The molecule has 1 aromatic heterocycles. The number of carbonyl (C=O) groups excluding carboxylic acids is 2. The maximum absolute atomic E-state index is 12.1. The Balaban J connectivity index is 2.49. The van der Waals surface area contributed by atoms with Crippen LogP contribution < -0.4 is 14.9 Å². The van der Waals surface area contributed by atoms with Gasteiger partial charge in [0.15, 0.2) is 0 Å². The van der Waals surface area contributed by atoms with Gasteiger partial charge in [-0.1, -0.05) is 23.7 Å². The number of thiophene rings is 1. The van der Waals surface area contributed by atoms with Crippen molar-refractivity contribution in [2.75, 3.05) is 4.72 Å². The number of carboxylic acid groups (broad SMARTS) is 2. The molecule has 7 nitrogen and oxygen atoms in total. The van der Waals surface area contributed by atoms with Crippen molar-refractivity contribution in [2.45, 2.75) is 4.21 Å². The van der Waals surface area contributed by atoms with Gasteiger partial charge in [-0.05, 0) is 23.8 Å². The molecule has 0 radical (unpaired) electrons. The Kier molecular flexibility index (Phi) is 4.40. The number of carboxylic acids is 2. The minimum absolute atomic E-state index is 0.152. The first-order valence-corrected chi connectivity index (χ1v) is 8.23. The zero-order chi connectivity index (χ0) is 16.5. The van der Waals surface area contributed by atoms with Crippen LogP contribution >= 0.6 is 22.9 Å². The average Bonchev–Trinajstić information content (AvgIpc) is 2.85. The average molecular weight is 360 g/mol. The third-order valence-electron chi connectivity index (χ3n) is 2.53. The number of sulfonamides is 1. The van der Waals surface area contributed by atoms with Gasteiger partial charge in [-0.2, -0.15) is 0 Å². The van der Waals surface area contributed by atoms with Crippen molar-refractivity contribution in [3.8, 4) is 0 Å². The molecule has 1 aromatic carbocycles. The van der Waals surface area contributed by atoms with E-state index in [0.717, 1.165) is 29.5 Å². The summed E-state index contributed by atoms with van der Waals surface area (Å²) in [5.74, 6) is -3.24. The first-order chi connectivity index (χ1) is 10.2. The third-order valence-corrected chi connectivity index (χ3v) is 5.62. The van der Waals surface area contributed by atoms with E-state index in [-0.39, 0.29) is 14.1 Å². The smallest absolute Gasteiger partial charge is 0.271 e. The second-order valence-corrected chi connectivity index (χ2v) is 7.62. The summed E-state index contributed by atoms with van der Waals surface area (Å²) in [6.45, 7) is 0. The molecule has 0 saturated heterocycles. The number of hydrogen-bond donors (Lipinski definition) is 1. The first-order valence-electron chi connectivity index (χ1n) is 5.55. The van der Waals surface area contributed by atoms with Crippen LogP contribution in [0.25, 0.3) is 0 Å². The molecule has 0 unspecified atom stereocenters. The molecule has 1 heterocycles. The molecule has 0 amide bonds. The zero-order valence-electron chi connectivity index (χ0n) is 10.5. The van der Waals surface area contributed by atoms with Gasteiger partial charge in [0.25, 0.3) is 10.0 Å². The Morgan fingerprint density at radius 1 is 1.09 bits per heavy atom. The summed E-state index contributed by atoms with van der Waals surface area (Å²) >= 11 is 6.42. The first kappa shape index (κ1) is 16.3. The molecule has 0 spiro atoms. The molecule has 0 atom stereocenters. The minimum atomic E-state index is -4.11. The van der Waals surface area contributed by atoms with E-state index in [4.69, 9.17) is 11.6 Å². The van der Waals surface area contributed by atoms with Crippen LogP contribution in [0.2, 0.25) is 4.34 Å². The normalized spacial score (nSPS) is 11.1. The van der Waals surface area contributed by atoms with E-state index in [1.807, 2.05) is 4.72 Å². The topological polar surface area (TPSA) is 126 Å². The van der Waals surface area contributed by atoms with Gasteiger partial charge >= 0.3 is 0 Å². The van der Waals surface area contributed by atoms with Crippen molar-refractivity contribution in [2.24, 2.45) is 0 Å². The van der Waals surface area contributed by atoms with Gasteiger partial charge in [-0.3, -0.25) is 4.72 Å². The van der Waals surface area contributed by atoms with Crippen LogP contribution in [0, 0.1) is 0 Å². The maximum atomic E-state index is 12.1. The maximum Gasteiger partial charge on any atom is 0.271 e. The highest BCUT2D eigenvalue weighted by Crippen LogP contribution is 2.28. The monoisotopic (exact) mass is 359 g/mol. The Labute approximate surface area is 133 Å². The molecule has 0 fully saturated rings. The van der Waals surface area contributed by atoms with E-state index in [2.05, 4.69) is 0 Å². The highest BCUT2D eigenvalue weighted by atomic mass is 35.5. The van der Waals surface area contributed by atoms with Gasteiger partial charge in [0.05, 0.1) is 22.0 Å². The number of aromatic carboxylic acids is 2. The number of anilines is 1. The molecule has 0 saturated carbocycles. The summed E-state index contributed by atoms with van der Waals surface area (Å²) < 4.78 is 26.3. The summed E-state index contributed by atoms with van der Waals surface area (Å²) in [5, 5.41) is 21.8. The van der Waals surface area contributed by atoms with E-state index in [9.17, 15) is 28.2 Å². The lowest BCUT2D eigenvalue weighted by atomic mass is 10.1. The summed E-state index contributed by atoms with van der Waals surface area (Å²) in [7, 11) is -4.11. The molecule has 0 bridgehead atoms. The van der Waals surface area contributed by atoms with Crippen LogP contribution in [-0.4, -0.2) is 20.4 Å². The lowest BCUT2D eigenvalue weighted by molar-refractivity contribution is -0.256. The van der Waals surface area contributed by atoms with Crippen molar-refractivity contribution in [3.63, 3.8) is 0 Å². The Hall–Kier alpha value is -2.10. The summed E-state index contributed by atoms with van der Waals surface area (Å²) in [4.78, 5) is 21.8. The second kappa shape index (κ2) is 5.95. The Bertz CT molecular complexity index is 858. The molecular formula is C12H6ClNO6S2-2. The van der Waals surface area contributed by atoms with Crippen molar-refractivity contribution in [1.29, 1.82) is 0 Å². The van der Waals surface area contributed by atoms with Gasteiger partial charge in [0, 0.05) is 5.56 Å². The number of halogens is 1. The molecular weight excluding hydrogens is 354 g/mol. The fraction of sp³-hybridized carbons (Fsp3) is 0. The van der Waals surface area contributed by atoms with E-state index < -0.39 is 33.2 Å². The number of hydrogen-bond acceptors (Lipinski definition) is 7. The van der Waals surface area contributed by atoms with Crippen LogP contribution in [-0.2, 0) is 10.0 Å². The molecule has 116 valence electrons. The summed E-state index contributed by atoms with van der Waals surface area (Å²) in [6.07, 6.45) is 0. The van der Waals surface area contributed by atoms with Crippen molar-refractivity contribution < 1.29 is 28.2 Å². The van der Waals surface area contributed by atoms with Gasteiger partial charge in [0.1, 0.15) is 4.21 Å². The molecule has 2 rings (SSSR count). The SMILES string of the molecule is O=C([O-])c1ccc(C(=O)[O-])c(NS(=O)(=O)c2ccc(Cl)s2)c1. The van der Waals surface area contributed by atoms with Crippen molar-refractivity contribution in [1.82, 2.24) is 0 Å². The van der Waals surface area contributed by atoms with Crippen LogP contribution in [0.5, 0.6) is 0 Å². The third kappa shape index (κ3) is 3.38. The quantitative estimate of drug-likeness (QED) is 0.796. The zero-order valence-corrected chi connectivity index (χ0v) is 12.9. The van der Waals surface area contributed by atoms with E-state index in [0.29, 0.717) is 0 Å². The Morgan fingerprint density at radius 3 is 2.27 bits per heavy atom. The number of rotatable bonds is 5. The molecule has 22 heavy (non-hydrogen) atoms. The lowest BCUT2D eigenvalue weighted by Crippen LogP contribution is -2.26. The van der Waals surface area contributed by atoms with Crippen LogP contribution in [0.3, 0.4) is 0 Å². The van der Waals surface area contributed by atoms with Gasteiger partial charge in [-0.15, -0.1) is 11.3 Å². The Morgan fingerprint density at radius 2 is 1.77 bits per heavy atom. The molecule has 10 heteroatoms. The van der Waals surface area contributed by atoms with E-state index in [1.165, 1.54) is 12.1 Å². The summed E-state index contributed by atoms with van der Waals surface area (Å²) in [5.41, 5.74) is -1.32. The fourth-order valence-electron chi connectivity index (χ4n) is 1.57. The van der Waals surface area contributed by atoms with Crippen LogP contribution in [0.15, 0.2) is 34.5 Å². The van der Waals surface area contributed by atoms with Crippen LogP contribution in [0.1, 0.15) is 20.7 Å². The number of carbonyl (C=O) groups is 2. The fourth-order valence-corrected chi connectivity index (χ4v) is 4.12. The molecule has 1 N–H and O–H groups in total. The predicted octanol–water partition coefficient (Wildman–Crippen LogP) is -0.0707. The summed E-state index contributed by atoms with van der Waals surface area (Å²) in [6, 6.07) is 5.32. The lowest BCUT2D eigenvalue weighted by Gasteiger charge is -2.14. The van der Waals surface area contributed by atoms with Gasteiger partial charge in [-0.25, -0.2) is 8.42 Å². The van der Waals surface area contributed by atoms with E-state index in [1.54, 1.807) is 0 Å². The molecule has 0 aliphatic carbocycles. The minimum Gasteiger partial charge on any atom is -0.545 e. The largest absolute Gasteiger partial charge is 0.545 e. The standard InChI is InChI=1S/C12H8ClNO6S2/c13-9-3-4-10(21-9)22(19,20)14-8-5-6(11(15)16)1-2-7(8)12(17)18/h1-5,14H,(H,15,16)(H,17,18)/p-2. The molecule has 2 aromatic rings. The molecule has 0 aliphatic rings. The number of nitrogens with one attached hydrogen (secondary N) is 1. The van der Waals surface area contributed by atoms with E-state index >= 15 is 0 Å². The second-order valence-electron chi connectivity index (χ2n) is 4.00. The molecule has 0 aliphatic heterocycles. The van der Waals surface area contributed by atoms with Gasteiger partial charge < -0.3 is 19.8 Å².